The Balaban J connectivity index is 1.35. The number of hydrogen-bond acceptors (Lipinski definition) is 8. The molecule has 0 aliphatic carbocycles. The van der Waals surface area contributed by atoms with Crippen molar-refractivity contribution in [3.05, 3.63) is 53.3 Å². The lowest BCUT2D eigenvalue weighted by Gasteiger charge is -2.16. The zero-order chi connectivity index (χ0) is 22.5. The zero-order valence-electron chi connectivity index (χ0n) is 17.9. The molecule has 1 atom stereocenters. The monoisotopic (exact) mass is 452 g/mol. The van der Waals surface area contributed by atoms with Gasteiger partial charge in [-0.15, -0.1) is 11.3 Å². The zero-order valence-corrected chi connectivity index (χ0v) is 18.7. The molecule has 2 N–H and O–H groups in total. The number of amides is 2. The highest BCUT2D eigenvalue weighted by molar-refractivity contribution is 7.17. The number of likely N-dealkylation sites (tertiary alicyclic amines) is 1. The smallest absolute Gasteiger partial charge is 0.409 e. The SMILES string of the molecule is CCOC(=O)N1CCC(Nc2ccc(NC(=O)c3sc(-c4ccccn4)nc3C)cn2)C1. The normalized spacial score (nSPS) is 15.4. The number of carbonyl (C=O) groups is 2. The quantitative estimate of drug-likeness (QED) is 0.585. The highest BCUT2D eigenvalue weighted by Crippen LogP contribution is 2.27. The van der Waals surface area contributed by atoms with Crippen LogP contribution in [0.2, 0.25) is 0 Å². The molecule has 32 heavy (non-hydrogen) atoms. The van der Waals surface area contributed by atoms with Gasteiger partial charge < -0.3 is 20.3 Å². The van der Waals surface area contributed by atoms with Crippen LogP contribution < -0.4 is 10.6 Å². The van der Waals surface area contributed by atoms with Crippen molar-refractivity contribution in [2.24, 2.45) is 0 Å². The number of rotatable bonds is 6. The largest absolute Gasteiger partial charge is 0.450 e. The third kappa shape index (κ3) is 5.02. The van der Waals surface area contributed by atoms with Gasteiger partial charge in [-0.2, -0.15) is 0 Å². The molecule has 0 radical (unpaired) electrons. The van der Waals surface area contributed by atoms with Crippen LogP contribution in [0.1, 0.15) is 28.7 Å². The van der Waals surface area contributed by atoms with Gasteiger partial charge in [-0.1, -0.05) is 6.07 Å². The van der Waals surface area contributed by atoms with Crippen molar-refractivity contribution in [3.8, 4) is 10.7 Å². The highest BCUT2D eigenvalue weighted by atomic mass is 32.1. The number of hydrogen-bond donors (Lipinski definition) is 2. The second-order valence-electron chi connectivity index (χ2n) is 7.31. The van der Waals surface area contributed by atoms with E-state index in [9.17, 15) is 9.59 Å². The Labute approximate surface area is 189 Å². The Morgan fingerprint density at radius 2 is 2.12 bits per heavy atom. The molecule has 0 spiro atoms. The average Bonchev–Trinajstić information content (AvgIpc) is 3.43. The molecule has 0 bridgehead atoms. The van der Waals surface area contributed by atoms with Gasteiger partial charge in [0.2, 0.25) is 0 Å². The fraction of sp³-hybridized carbons (Fsp3) is 0.318. The minimum atomic E-state index is -0.285. The number of ether oxygens (including phenoxy) is 1. The summed E-state index contributed by atoms with van der Waals surface area (Å²) in [5.74, 6) is 0.454. The van der Waals surface area contributed by atoms with Crippen LogP contribution in [0.3, 0.4) is 0 Å². The molecule has 166 valence electrons. The molecular formula is C22H24N6O3S. The Kier molecular flexibility index (Phi) is 6.60. The molecule has 3 aromatic heterocycles. The molecule has 3 aromatic rings. The van der Waals surface area contributed by atoms with E-state index >= 15 is 0 Å². The summed E-state index contributed by atoms with van der Waals surface area (Å²) in [6.07, 6.45) is 3.84. The second-order valence-corrected chi connectivity index (χ2v) is 8.31. The summed E-state index contributed by atoms with van der Waals surface area (Å²) in [6, 6.07) is 9.30. The molecule has 1 aliphatic rings. The Hall–Kier alpha value is -3.53. The first-order chi connectivity index (χ1) is 15.5. The van der Waals surface area contributed by atoms with Crippen LogP contribution >= 0.6 is 11.3 Å². The van der Waals surface area contributed by atoms with E-state index in [1.807, 2.05) is 31.2 Å². The summed E-state index contributed by atoms with van der Waals surface area (Å²) < 4.78 is 5.04. The van der Waals surface area contributed by atoms with E-state index in [2.05, 4.69) is 25.6 Å². The van der Waals surface area contributed by atoms with E-state index in [1.54, 1.807) is 30.3 Å². The predicted octanol–water partition coefficient (Wildman–Crippen LogP) is 3.80. The molecule has 4 heterocycles. The van der Waals surface area contributed by atoms with Crippen LogP contribution in [0.4, 0.5) is 16.3 Å². The molecule has 1 fully saturated rings. The maximum absolute atomic E-state index is 12.7. The minimum Gasteiger partial charge on any atom is -0.450 e. The molecule has 2 amide bonds. The molecule has 1 saturated heterocycles. The van der Waals surface area contributed by atoms with Crippen LogP contribution in [0.5, 0.6) is 0 Å². The van der Waals surface area contributed by atoms with Crippen LogP contribution in [0.15, 0.2) is 42.7 Å². The Bertz CT molecular complexity index is 1090. The summed E-state index contributed by atoms with van der Waals surface area (Å²) in [6.45, 7) is 5.20. The lowest BCUT2D eigenvalue weighted by molar-refractivity contribution is 0.102. The number of thiazole rings is 1. The summed E-state index contributed by atoms with van der Waals surface area (Å²) in [7, 11) is 0. The molecule has 9 nitrogen and oxygen atoms in total. The number of aryl methyl sites for hydroxylation is 1. The van der Waals surface area contributed by atoms with E-state index in [0.717, 1.165) is 12.1 Å². The van der Waals surface area contributed by atoms with Crippen molar-refractivity contribution in [1.82, 2.24) is 19.9 Å². The second kappa shape index (κ2) is 9.73. The number of anilines is 2. The first-order valence-corrected chi connectivity index (χ1v) is 11.2. The number of carbonyl (C=O) groups excluding carboxylic acids is 2. The maximum atomic E-state index is 12.7. The molecule has 0 saturated carbocycles. The summed E-state index contributed by atoms with van der Waals surface area (Å²) in [5, 5.41) is 6.90. The summed E-state index contributed by atoms with van der Waals surface area (Å²) in [4.78, 5) is 40.0. The number of nitrogens with one attached hydrogen (secondary N) is 2. The number of nitrogens with zero attached hydrogens (tertiary/aromatic N) is 4. The first-order valence-electron chi connectivity index (χ1n) is 10.4. The maximum Gasteiger partial charge on any atom is 0.409 e. The number of aromatic nitrogens is 3. The van der Waals surface area contributed by atoms with Gasteiger partial charge in [-0.05, 0) is 44.5 Å². The van der Waals surface area contributed by atoms with E-state index in [-0.39, 0.29) is 18.0 Å². The fourth-order valence-corrected chi connectivity index (χ4v) is 4.35. The van der Waals surface area contributed by atoms with Gasteiger partial charge in [-0.3, -0.25) is 9.78 Å². The predicted molar refractivity (Wildman–Crippen MR) is 123 cm³/mol. The molecule has 1 unspecified atom stereocenters. The Morgan fingerprint density at radius 1 is 1.25 bits per heavy atom. The highest BCUT2D eigenvalue weighted by Gasteiger charge is 2.27. The molecule has 10 heteroatoms. The van der Waals surface area contributed by atoms with Gasteiger partial charge in [0.25, 0.3) is 5.91 Å². The molecular weight excluding hydrogens is 428 g/mol. The lowest BCUT2D eigenvalue weighted by Crippen LogP contribution is -2.32. The van der Waals surface area contributed by atoms with Crippen molar-refractivity contribution < 1.29 is 14.3 Å². The number of pyridine rings is 2. The van der Waals surface area contributed by atoms with Gasteiger partial charge in [0.1, 0.15) is 15.7 Å². The van der Waals surface area contributed by atoms with Crippen LogP contribution in [0, 0.1) is 6.92 Å². The van der Waals surface area contributed by atoms with E-state index in [4.69, 9.17) is 4.74 Å². The first kappa shape index (κ1) is 21.7. The fourth-order valence-electron chi connectivity index (χ4n) is 3.41. The lowest BCUT2D eigenvalue weighted by atomic mass is 10.2. The van der Waals surface area contributed by atoms with Crippen LogP contribution in [-0.4, -0.2) is 57.6 Å². The van der Waals surface area contributed by atoms with Crippen molar-refractivity contribution in [3.63, 3.8) is 0 Å². The van der Waals surface area contributed by atoms with Crippen molar-refractivity contribution >= 4 is 34.8 Å². The van der Waals surface area contributed by atoms with Gasteiger partial charge in [0.15, 0.2) is 0 Å². The van der Waals surface area contributed by atoms with Crippen molar-refractivity contribution in [1.29, 1.82) is 0 Å². The van der Waals surface area contributed by atoms with Gasteiger partial charge in [0.05, 0.1) is 29.9 Å². The van der Waals surface area contributed by atoms with Crippen molar-refractivity contribution in [2.45, 2.75) is 26.3 Å². The van der Waals surface area contributed by atoms with E-state index < -0.39 is 0 Å². The van der Waals surface area contributed by atoms with E-state index in [1.165, 1.54) is 11.3 Å². The topological polar surface area (TPSA) is 109 Å². The standard InChI is InChI=1S/C22H24N6O3S/c1-3-31-22(30)28-11-9-16(13-28)26-18-8-7-15(12-24-18)27-20(29)19-14(2)25-21(32-19)17-6-4-5-10-23-17/h4-8,10,12,16H,3,9,11,13H2,1-2H3,(H,24,26)(H,27,29). The van der Waals surface area contributed by atoms with Crippen LogP contribution in [0.25, 0.3) is 10.7 Å². The third-order valence-corrected chi connectivity index (χ3v) is 6.15. The van der Waals surface area contributed by atoms with Crippen LogP contribution in [-0.2, 0) is 4.74 Å². The average molecular weight is 453 g/mol. The molecule has 0 aromatic carbocycles. The van der Waals surface area contributed by atoms with Gasteiger partial charge in [0, 0.05) is 25.3 Å². The minimum absolute atomic E-state index is 0.109. The van der Waals surface area contributed by atoms with E-state index in [0.29, 0.717) is 46.8 Å². The van der Waals surface area contributed by atoms with Crippen molar-refractivity contribution in [2.75, 3.05) is 30.3 Å². The third-order valence-electron chi connectivity index (χ3n) is 4.97. The summed E-state index contributed by atoms with van der Waals surface area (Å²) in [5.41, 5.74) is 1.99. The van der Waals surface area contributed by atoms with Gasteiger partial charge >= 0.3 is 6.09 Å². The molecule has 4 rings (SSSR count). The van der Waals surface area contributed by atoms with Gasteiger partial charge in [-0.25, -0.2) is 14.8 Å². The molecule has 1 aliphatic heterocycles. The summed E-state index contributed by atoms with van der Waals surface area (Å²) >= 11 is 1.31. The Morgan fingerprint density at radius 3 is 2.84 bits per heavy atom.